The van der Waals surface area contributed by atoms with Crippen LogP contribution in [0.1, 0.15) is 26.7 Å². The van der Waals surface area contributed by atoms with E-state index in [1.807, 2.05) is 0 Å². The van der Waals surface area contributed by atoms with Crippen LogP contribution in [0, 0.1) is 5.92 Å². The Kier molecular flexibility index (Phi) is 3.66. The molecule has 5 heteroatoms. The molecule has 0 spiro atoms. The molecular formula is C11H22N4O. The van der Waals surface area contributed by atoms with Gasteiger partial charge in [-0.15, -0.1) is 0 Å². The molecule has 92 valence electrons. The largest absolute Gasteiger partial charge is 0.371 e. The van der Waals surface area contributed by atoms with E-state index in [0.717, 1.165) is 25.6 Å². The molecule has 2 saturated heterocycles. The van der Waals surface area contributed by atoms with Gasteiger partial charge in [-0.3, -0.25) is 10.4 Å². The summed E-state index contributed by atoms with van der Waals surface area (Å²) in [4.78, 5) is 6.73. The normalized spacial score (nSPS) is 30.0. The highest BCUT2D eigenvalue weighted by Gasteiger charge is 2.34. The van der Waals surface area contributed by atoms with Crippen LogP contribution in [0.15, 0.2) is 4.99 Å². The summed E-state index contributed by atoms with van der Waals surface area (Å²) in [6.45, 7) is 6.95. The number of fused-ring (bicyclic) bond motifs is 2. The van der Waals surface area contributed by atoms with E-state index in [1.165, 1.54) is 12.8 Å². The van der Waals surface area contributed by atoms with Crippen LogP contribution in [-0.2, 0) is 4.74 Å². The molecule has 2 aliphatic rings. The van der Waals surface area contributed by atoms with Crippen molar-refractivity contribution in [3.05, 3.63) is 0 Å². The minimum absolute atomic E-state index is 0.372. The SMILES string of the molecule is CC(C)CN=C(NN)N1CC2CCC(C1)O2. The molecule has 2 unspecified atom stereocenters. The molecule has 3 N–H and O–H groups in total. The van der Waals surface area contributed by atoms with E-state index in [-0.39, 0.29) is 0 Å². The lowest BCUT2D eigenvalue weighted by Gasteiger charge is -2.34. The van der Waals surface area contributed by atoms with E-state index in [0.29, 0.717) is 18.1 Å². The Morgan fingerprint density at radius 3 is 2.56 bits per heavy atom. The minimum atomic E-state index is 0.372. The molecule has 2 heterocycles. The van der Waals surface area contributed by atoms with E-state index < -0.39 is 0 Å². The summed E-state index contributed by atoms with van der Waals surface area (Å²) in [6, 6.07) is 0. The Morgan fingerprint density at radius 2 is 2.06 bits per heavy atom. The first-order valence-corrected chi connectivity index (χ1v) is 6.10. The molecule has 0 aromatic carbocycles. The average molecular weight is 226 g/mol. The van der Waals surface area contributed by atoms with Gasteiger partial charge in [-0.1, -0.05) is 13.8 Å². The monoisotopic (exact) mass is 226 g/mol. The third-order valence-electron chi connectivity index (χ3n) is 3.08. The van der Waals surface area contributed by atoms with Gasteiger partial charge in [-0.25, -0.2) is 5.84 Å². The van der Waals surface area contributed by atoms with Crippen LogP contribution in [0.4, 0.5) is 0 Å². The van der Waals surface area contributed by atoms with Crippen molar-refractivity contribution in [3.8, 4) is 0 Å². The molecule has 2 bridgehead atoms. The maximum atomic E-state index is 5.78. The lowest BCUT2D eigenvalue weighted by molar-refractivity contribution is -0.0168. The maximum Gasteiger partial charge on any atom is 0.208 e. The molecule has 16 heavy (non-hydrogen) atoms. The van der Waals surface area contributed by atoms with Crippen molar-refractivity contribution >= 4 is 5.96 Å². The Morgan fingerprint density at radius 1 is 1.44 bits per heavy atom. The van der Waals surface area contributed by atoms with Crippen molar-refractivity contribution in [1.82, 2.24) is 10.3 Å². The Hall–Kier alpha value is -0.810. The second kappa shape index (κ2) is 5.01. The topological polar surface area (TPSA) is 62.9 Å². The fraction of sp³-hybridized carbons (Fsp3) is 0.909. The van der Waals surface area contributed by atoms with Crippen LogP contribution in [0.5, 0.6) is 0 Å². The van der Waals surface area contributed by atoms with Gasteiger partial charge in [-0.05, 0) is 18.8 Å². The highest BCUT2D eigenvalue weighted by atomic mass is 16.5. The first-order valence-electron chi connectivity index (χ1n) is 6.10. The lowest BCUT2D eigenvalue weighted by atomic mass is 10.2. The number of nitrogens with one attached hydrogen (secondary N) is 1. The van der Waals surface area contributed by atoms with Gasteiger partial charge < -0.3 is 9.64 Å². The number of hydrogen-bond donors (Lipinski definition) is 2. The highest BCUT2D eigenvalue weighted by Crippen LogP contribution is 2.26. The van der Waals surface area contributed by atoms with Crippen LogP contribution in [0.3, 0.4) is 0 Å². The van der Waals surface area contributed by atoms with Gasteiger partial charge in [0.25, 0.3) is 0 Å². The van der Waals surface area contributed by atoms with E-state index in [2.05, 4.69) is 29.2 Å². The molecule has 2 rings (SSSR count). The predicted molar refractivity (Wildman–Crippen MR) is 63.9 cm³/mol. The van der Waals surface area contributed by atoms with Gasteiger partial charge in [0.1, 0.15) is 0 Å². The molecule has 0 amide bonds. The zero-order valence-corrected chi connectivity index (χ0v) is 10.1. The number of hydrazine groups is 1. The Balaban J connectivity index is 1.96. The van der Waals surface area contributed by atoms with Gasteiger partial charge in [0.05, 0.1) is 12.2 Å². The molecule has 0 aromatic heterocycles. The van der Waals surface area contributed by atoms with E-state index in [1.54, 1.807) is 0 Å². The summed E-state index contributed by atoms with van der Waals surface area (Å²) in [5.74, 6) is 6.91. The van der Waals surface area contributed by atoms with Gasteiger partial charge in [0.2, 0.25) is 5.96 Å². The second-order valence-electron chi connectivity index (χ2n) is 5.06. The summed E-state index contributed by atoms with van der Waals surface area (Å²) in [7, 11) is 0. The van der Waals surface area contributed by atoms with Crippen LogP contribution in [0.2, 0.25) is 0 Å². The molecule has 0 aromatic rings. The summed E-state index contributed by atoms with van der Waals surface area (Å²) in [6.07, 6.45) is 3.08. The van der Waals surface area contributed by atoms with Crippen LogP contribution in [0.25, 0.3) is 0 Å². The van der Waals surface area contributed by atoms with Gasteiger partial charge >= 0.3 is 0 Å². The third-order valence-corrected chi connectivity index (χ3v) is 3.08. The standard InChI is InChI=1S/C11H22N4O/c1-8(2)5-13-11(14-12)15-6-9-3-4-10(7-15)16-9/h8-10H,3-7,12H2,1-2H3,(H,13,14). The zero-order chi connectivity index (χ0) is 11.5. The predicted octanol–water partition coefficient (Wildman–Crippen LogP) is 0.325. The number of guanidine groups is 1. The molecule has 2 aliphatic heterocycles. The fourth-order valence-electron chi connectivity index (χ4n) is 2.29. The van der Waals surface area contributed by atoms with Crippen LogP contribution in [-0.4, -0.2) is 42.7 Å². The molecule has 0 saturated carbocycles. The lowest BCUT2D eigenvalue weighted by Crippen LogP contribution is -2.52. The third kappa shape index (κ3) is 2.65. The smallest absolute Gasteiger partial charge is 0.208 e. The summed E-state index contributed by atoms with van der Waals surface area (Å²) < 4.78 is 5.78. The number of nitrogens with two attached hydrogens (primary N) is 1. The number of nitrogens with zero attached hydrogens (tertiary/aromatic N) is 2. The number of rotatable bonds is 2. The van der Waals surface area contributed by atoms with Gasteiger partial charge in [0, 0.05) is 19.6 Å². The number of hydrogen-bond acceptors (Lipinski definition) is 3. The number of morpholine rings is 1. The highest BCUT2D eigenvalue weighted by molar-refractivity contribution is 5.79. The van der Waals surface area contributed by atoms with E-state index >= 15 is 0 Å². The second-order valence-corrected chi connectivity index (χ2v) is 5.06. The van der Waals surface area contributed by atoms with Crippen molar-refractivity contribution in [2.45, 2.75) is 38.9 Å². The van der Waals surface area contributed by atoms with Crippen molar-refractivity contribution in [2.75, 3.05) is 19.6 Å². The summed E-state index contributed by atoms with van der Waals surface area (Å²) in [5, 5.41) is 0. The minimum Gasteiger partial charge on any atom is -0.371 e. The van der Waals surface area contributed by atoms with E-state index in [4.69, 9.17) is 10.6 Å². The maximum absolute atomic E-state index is 5.78. The van der Waals surface area contributed by atoms with Crippen molar-refractivity contribution in [2.24, 2.45) is 16.8 Å². The zero-order valence-electron chi connectivity index (χ0n) is 10.1. The first kappa shape index (κ1) is 11.7. The van der Waals surface area contributed by atoms with Crippen molar-refractivity contribution in [1.29, 1.82) is 0 Å². The first-order chi connectivity index (χ1) is 7.69. The quantitative estimate of drug-likeness (QED) is 0.308. The van der Waals surface area contributed by atoms with Crippen LogP contribution < -0.4 is 11.3 Å². The van der Waals surface area contributed by atoms with Crippen LogP contribution >= 0.6 is 0 Å². The molecule has 5 nitrogen and oxygen atoms in total. The molecular weight excluding hydrogens is 204 g/mol. The molecule has 2 atom stereocenters. The average Bonchev–Trinajstić information content (AvgIpc) is 2.58. The number of likely N-dealkylation sites (tertiary alicyclic amines) is 1. The molecule has 0 aliphatic carbocycles. The number of aliphatic imine (C=N–C) groups is 1. The fourth-order valence-corrected chi connectivity index (χ4v) is 2.29. The van der Waals surface area contributed by atoms with Gasteiger partial charge in [-0.2, -0.15) is 0 Å². The van der Waals surface area contributed by atoms with Crippen molar-refractivity contribution < 1.29 is 4.74 Å². The Bertz CT molecular complexity index is 255. The Labute approximate surface area is 97.0 Å². The summed E-state index contributed by atoms with van der Waals surface area (Å²) >= 11 is 0. The molecule has 2 fully saturated rings. The van der Waals surface area contributed by atoms with Crippen molar-refractivity contribution in [3.63, 3.8) is 0 Å². The number of ether oxygens (including phenoxy) is 1. The molecule has 0 radical (unpaired) electrons. The summed E-state index contributed by atoms with van der Waals surface area (Å²) in [5.41, 5.74) is 2.72. The van der Waals surface area contributed by atoms with E-state index in [9.17, 15) is 0 Å². The van der Waals surface area contributed by atoms with Gasteiger partial charge in [0.15, 0.2) is 0 Å².